The van der Waals surface area contributed by atoms with Crippen LogP contribution < -0.4 is 14.8 Å². The number of amides is 1. The highest BCUT2D eigenvalue weighted by Gasteiger charge is 2.20. The lowest BCUT2D eigenvalue weighted by molar-refractivity contribution is 0.0796. The van der Waals surface area contributed by atoms with Crippen LogP contribution in [0.1, 0.15) is 15.9 Å². The molecule has 0 radical (unpaired) electrons. The number of hydrogen-bond donors (Lipinski definition) is 2. The first-order chi connectivity index (χ1) is 12.8. The maximum atomic E-state index is 12.8. The van der Waals surface area contributed by atoms with Crippen LogP contribution in [0, 0.1) is 6.92 Å². The molecule has 2 N–H and O–H groups in total. The molecule has 2 rings (SSSR count). The third kappa shape index (κ3) is 5.85. The quantitative estimate of drug-likeness (QED) is 0.675. The summed E-state index contributed by atoms with van der Waals surface area (Å²) in [6.07, 6.45) is 0. The number of aryl methyl sites for hydroxylation is 1. The molecule has 0 aliphatic carbocycles. The number of methoxy groups -OCH3 is 1. The number of nitrogens with one attached hydrogen (secondary N) is 2. The zero-order chi connectivity index (χ0) is 20.0. The summed E-state index contributed by atoms with van der Waals surface area (Å²) in [6.45, 7) is 2.87. The molecule has 154 valence electrons. The van der Waals surface area contributed by atoms with E-state index in [9.17, 15) is 13.2 Å². The van der Waals surface area contributed by atoms with E-state index in [4.69, 9.17) is 4.74 Å². The summed E-state index contributed by atoms with van der Waals surface area (Å²) < 4.78 is 33.2. The number of hydrogen-bond acceptors (Lipinski definition) is 5. The number of anilines is 1. The van der Waals surface area contributed by atoms with Gasteiger partial charge in [-0.2, -0.15) is 0 Å². The molecule has 0 saturated carbocycles. The first kappa shape index (κ1) is 23.7. The fourth-order valence-corrected chi connectivity index (χ4v) is 3.82. The molecule has 28 heavy (non-hydrogen) atoms. The molecular formula is C19H26ClN3O4S. The summed E-state index contributed by atoms with van der Waals surface area (Å²) in [4.78, 5) is 14.2. The summed E-state index contributed by atoms with van der Waals surface area (Å²) in [7, 11) is 1.19. The van der Waals surface area contributed by atoms with Crippen LogP contribution in [0.5, 0.6) is 5.75 Å². The summed E-state index contributed by atoms with van der Waals surface area (Å²) >= 11 is 0. The smallest absolute Gasteiger partial charge is 0.262 e. The van der Waals surface area contributed by atoms with Gasteiger partial charge in [0.25, 0.3) is 15.9 Å². The fourth-order valence-electron chi connectivity index (χ4n) is 2.49. The molecule has 9 heteroatoms. The van der Waals surface area contributed by atoms with Crippen LogP contribution >= 0.6 is 12.4 Å². The molecule has 0 unspecified atom stereocenters. The first-order valence-electron chi connectivity index (χ1n) is 8.46. The second kappa shape index (κ2) is 10.3. The lowest BCUT2D eigenvalue weighted by atomic mass is 10.1. The average molecular weight is 428 g/mol. The van der Waals surface area contributed by atoms with Crippen LogP contribution in [0.3, 0.4) is 0 Å². The van der Waals surface area contributed by atoms with Crippen molar-refractivity contribution in [2.75, 3.05) is 39.0 Å². The first-order valence-corrected chi connectivity index (χ1v) is 9.94. The van der Waals surface area contributed by atoms with E-state index in [1.165, 1.54) is 6.07 Å². The summed E-state index contributed by atoms with van der Waals surface area (Å²) in [5, 5.41) is 2.98. The lowest BCUT2D eigenvalue weighted by Crippen LogP contribution is -2.33. The molecule has 1 amide bonds. The SMILES string of the molecule is CNCCN(C)C(=O)c1ccc(C)c(S(=O)(=O)Nc2ccc(OC)cc2)c1.Cl. The Morgan fingerprint density at radius 2 is 1.79 bits per heavy atom. The Hall–Kier alpha value is -2.29. The molecule has 2 aromatic carbocycles. The van der Waals surface area contributed by atoms with Gasteiger partial charge in [0.1, 0.15) is 5.75 Å². The van der Waals surface area contributed by atoms with Crippen LogP contribution in [0.25, 0.3) is 0 Å². The average Bonchev–Trinajstić information content (AvgIpc) is 2.66. The van der Waals surface area contributed by atoms with Gasteiger partial charge in [0.2, 0.25) is 0 Å². The van der Waals surface area contributed by atoms with E-state index in [1.54, 1.807) is 69.4 Å². The van der Waals surface area contributed by atoms with E-state index >= 15 is 0 Å². The molecule has 0 heterocycles. The largest absolute Gasteiger partial charge is 0.497 e. The Kier molecular flexibility index (Phi) is 8.74. The molecule has 0 bridgehead atoms. The van der Waals surface area contributed by atoms with Gasteiger partial charge in [-0.05, 0) is 55.9 Å². The maximum Gasteiger partial charge on any atom is 0.262 e. The number of halogens is 1. The van der Waals surface area contributed by atoms with Crippen molar-refractivity contribution in [2.24, 2.45) is 0 Å². The predicted octanol–water partition coefficient (Wildman–Crippen LogP) is 2.52. The molecule has 0 atom stereocenters. The standard InChI is InChI=1S/C19H25N3O4S.ClH/c1-14-5-6-15(19(23)22(3)12-11-20-2)13-18(14)27(24,25)21-16-7-9-17(26-4)10-8-16;/h5-10,13,20-21H,11-12H2,1-4H3;1H. The van der Waals surface area contributed by atoms with Crippen molar-refractivity contribution in [3.8, 4) is 5.75 Å². The normalized spacial score (nSPS) is 10.7. The monoisotopic (exact) mass is 427 g/mol. The van der Waals surface area contributed by atoms with E-state index in [0.717, 1.165) is 0 Å². The number of likely N-dealkylation sites (N-methyl/N-ethyl adjacent to an activating group) is 2. The molecule has 0 fully saturated rings. The van der Waals surface area contributed by atoms with Crippen LogP contribution in [-0.2, 0) is 10.0 Å². The number of sulfonamides is 1. The van der Waals surface area contributed by atoms with Crippen LogP contribution in [0.15, 0.2) is 47.4 Å². The van der Waals surface area contributed by atoms with Gasteiger partial charge in [-0.1, -0.05) is 6.07 Å². The van der Waals surface area contributed by atoms with E-state index in [-0.39, 0.29) is 23.2 Å². The molecule has 2 aromatic rings. The number of ether oxygens (including phenoxy) is 1. The van der Waals surface area contributed by atoms with Gasteiger partial charge < -0.3 is 15.0 Å². The Morgan fingerprint density at radius 3 is 2.36 bits per heavy atom. The van der Waals surface area contributed by atoms with Crippen molar-refractivity contribution in [3.63, 3.8) is 0 Å². The van der Waals surface area contributed by atoms with Crippen molar-refractivity contribution in [2.45, 2.75) is 11.8 Å². The molecule has 0 aliphatic heterocycles. The van der Waals surface area contributed by atoms with Gasteiger partial charge >= 0.3 is 0 Å². The zero-order valence-corrected chi connectivity index (χ0v) is 18.0. The number of nitrogens with zero attached hydrogens (tertiary/aromatic N) is 1. The lowest BCUT2D eigenvalue weighted by Gasteiger charge is -2.18. The van der Waals surface area contributed by atoms with Crippen molar-refractivity contribution in [1.29, 1.82) is 0 Å². The highest BCUT2D eigenvalue weighted by molar-refractivity contribution is 7.92. The fraction of sp³-hybridized carbons (Fsp3) is 0.316. The Morgan fingerprint density at radius 1 is 1.14 bits per heavy atom. The zero-order valence-electron chi connectivity index (χ0n) is 16.4. The minimum absolute atomic E-state index is 0. The molecule has 7 nitrogen and oxygen atoms in total. The molecular weight excluding hydrogens is 402 g/mol. The Bertz CT molecular complexity index is 902. The summed E-state index contributed by atoms with van der Waals surface area (Å²) in [6, 6.07) is 11.3. The molecule has 0 aliphatic rings. The second-order valence-electron chi connectivity index (χ2n) is 6.14. The maximum absolute atomic E-state index is 12.8. The minimum atomic E-state index is -3.84. The van der Waals surface area contributed by atoms with Gasteiger partial charge in [-0.15, -0.1) is 12.4 Å². The highest BCUT2D eigenvalue weighted by Crippen LogP contribution is 2.23. The van der Waals surface area contributed by atoms with Crippen LogP contribution in [0.2, 0.25) is 0 Å². The van der Waals surface area contributed by atoms with E-state index in [2.05, 4.69) is 10.0 Å². The van der Waals surface area contributed by atoms with Gasteiger partial charge in [-0.25, -0.2) is 8.42 Å². The third-order valence-electron chi connectivity index (χ3n) is 4.11. The highest BCUT2D eigenvalue weighted by atomic mass is 35.5. The molecule has 0 saturated heterocycles. The van der Waals surface area contributed by atoms with Crippen molar-refractivity contribution in [1.82, 2.24) is 10.2 Å². The van der Waals surface area contributed by atoms with E-state index in [1.807, 2.05) is 0 Å². The summed E-state index contributed by atoms with van der Waals surface area (Å²) in [5.74, 6) is 0.400. The number of benzene rings is 2. The minimum Gasteiger partial charge on any atom is -0.497 e. The van der Waals surface area contributed by atoms with Crippen LogP contribution in [-0.4, -0.2) is 53.5 Å². The van der Waals surface area contributed by atoms with E-state index in [0.29, 0.717) is 35.7 Å². The third-order valence-corrected chi connectivity index (χ3v) is 5.63. The number of carbonyl (C=O) groups is 1. The predicted molar refractivity (Wildman–Crippen MR) is 113 cm³/mol. The number of carbonyl (C=O) groups excluding carboxylic acids is 1. The van der Waals surface area contributed by atoms with Crippen molar-refractivity contribution < 1.29 is 17.9 Å². The van der Waals surface area contributed by atoms with Gasteiger partial charge in [0, 0.05) is 31.4 Å². The van der Waals surface area contributed by atoms with Gasteiger partial charge in [-0.3, -0.25) is 9.52 Å². The van der Waals surface area contributed by atoms with Gasteiger partial charge in [0.15, 0.2) is 0 Å². The van der Waals surface area contributed by atoms with Crippen molar-refractivity contribution >= 4 is 34.0 Å². The van der Waals surface area contributed by atoms with Gasteiger partial charge in [0.05, 0.1) is 12.0 Å². The Labute approximate surface area is 172 Å². The van der Waals surface area contributed by atoms with Crippen molar-refractivity contribution in [3.05, 3.63) is 53.6 Å². The van der Waals surface area contributed by atoms with E-state index < -0.39 is 10.0 Å². The number of rotatable bonds is 8. The van der Waals surface area contributed by atoms with Crippen LogP contribution in [0.4, 0.5) is 5.69 Å². The molecule has 0 aromatic heterocycles. The molecule has 0 spiro atoms. The summed E-state index contributed by atoms with van der Waals surface area (Å²) in [5.41, 5.74) is 1.30. The Balaban J connectivity index is 0.00000392. The topological polar surface area (TPSA) is 87.7 Å². The second-order valence-corrected chi connectivity index (χ2v) is 7.80.